The number of nitrogens with one attached hydrogen (secondary N) is 1. The molecule has 0 spiro atoms. The molecule has 0 bridgehead atoms. The van der Waals surface area contributed by atoms with Gasteiger partial charge in [0.15, 0.2) is 5.13 Å². The maximum absolute atomic E-state index is 5.66. The highest BCUT2D eigenvalue weighted by Gasteiger charge is 2.20. The Labute approximate surface area is 115 Å². The van der Waals surface area contributed by atoms with Crippen LogP contribution in [0.25, 0.3) is 0 Å². The van der Waals surface area contributed by atoms with Crippen LogP contribution in [0.1, 0.15) is 23.9 Å². The van der Waals surface area contributed by atoms with Crippen LogP contribution in [-0.2, 0) is 12.8 Å². The molecule has 0 amide bonds. The molecule has 3 N–H and O–H groups in total. The van der Waals surface area contributed by atoms with Crippen molar-refractivity contribution in [2.24, 2.45) is 0 Å². The van der Waals surface area contributed by atoms with Gasteiger partial charge in [0.1, 0.15) is 0 Å². The number of nitrogens with zero attached hydrogens (tertiary/aromatic N) is 1. The Bertz CT molecular complexity index is 304. The van der Waals surface area contributed by atoms with Gasteiger partial charge in [-0.15, -0.1) is 45.3 Å². The number of hydrogen-bond acceptors (Lipinski definition) is 4. The summed E-state index contributed by atoms with van der Waals surface area (Å²) < 4.78 is 0. The number of likely N-dealkylation sites (N-methyl/N-ethyl adjacent to an activating group) is 1. The molecule has 1 aliphatic carbocycles. The molecule has 1 atom stereocenters. The highest BCUT2D eigenvalue weighted by atomic mass is 79.9. The molecule has 1 aliphatic rings. The first-order valence-corrected chi connectivity index (χ1v) is 5.58. The van der Waals surface area contributed by atoms with E-state index in [1.807, 2.05) is 0 Å². The van der Waals surface area contributed by atoms with Crippen LogP contribution in [0, 0.1) is 0 Å². The molecule has 0 aliphatic heterocycles. The summed E-state index contributed by atoms with van der Waals surface area (Å²) in [6.07, 6.45) is 3.39. The van der Waals surface area contributed by atoms with E-state index in [2.05, 4.69) is 17.2 Å². The smallest absolute Gasteiger partial charge is 0.180 e. The molecule has 0 radical (unpaired) electrons. The fourth-order valence-electron chi connectivity index (χ4n) is 1.86. The second kappa shape index (κ2) is 6.83. The van der Waals surface area contributed by atoms with Crippen LogP contribution in [0.5, 0.6) is 0 Å². The van der Waals surface area contributed by atoms with Gasteiger partial charge in [-0.2, -0.15) is 0 Å². The minimum Gasteiger partial charge on any atom is -0.375 e. The maximum atomic E-state index is 5.66. The van der Waals surface area contributed by atoms with Gasteiger partial charge in [-0.05, 0) is 25.8 Å². The topological polar surface area (TPSA) is 50.9 Å². The average molecular weight is 359 g/mol. The number of hydrogen-bond donors (Lipinski definition) is 2. The zero-order valence-electron chi connectivity index (χ0n) is 8.66. The summed E-state index contributed by atoms with van der Waals surface area (Å²) in [5.74, 6) is 0. The first kappa shape index (κ1) is 15.3. The lowest BCUT2D eigenvalue weighted by Gasteiger charge is -2.21. The lowest BCUT2D eigenvalue weighted by atomic mass is 9.98. The van der Waals surface area contributed by atoms with Crippen molar-refractivity contribution in [1.82, 2.24) is 10.3 Å². The summed E-state index contributed by atoms with van der Waals surface area (Å²) in [6.45, 7) is 3.20. The first-order valence-electron chi connectivity index (χ1n) is 4.77. The molecule has 0 saturated carbocycles. The van der Waals surface area contributed by atoms with Crippen molar-refractivity contribution < 1.29 is 0 Å². The minimum atomic E-state index is 0. The minimum absolute atomic E-state index is 0. The molecular weight excluding hydrogens is 342 g/mol. The van der Waals surface area contributed by atoms with Crippen molar-refractivity contribution in [3.8, 4) is 0 Å². The molecule has 88 valence electrons. The second-order valence-electron chi connectivity index (χ2n) is 3.42. The number of nitrogen functional groups attached to an aromatic ring is 1. The van der Waals surface area contributed by atoms with Crippen molar-refractivity contribution in [3.05, 3.63) is 10.6 Å². The maximum Gasteiger partial charge on any atom is 0.180 e. The molecular formula is C9H17Br2N3S. The van der Waals surface area contributed by atoms with Crippen LogP contribution < -0.4 is 11.1 Å². The van der Waals surface area contributed by atoms with E-state index in [-0.39, 0.29) is 34.0 Å². The number of anilines is 1. The molecule has 1 heterocycles. The SMILES string of the molecule is Br.Br.CCNC1CCc2nc(N)sc2C1. The van der Waals surface area contributed by atoms with E-state index in [1.54, 1.807) is 11.3 Å². The average Bonchev–Trinajstić information content (AvgIpc) is 2.44. The van der Waals surface area contributed by atoms with E-state index in [1.165, 1.54) is 17.0 Å². The van der Waals surface area contributed by atoms with E-state index >= 15 is 0 Å². The normalized spacial score (nSPS) is 18.6. The predicted octanol–water partition coefficient (Wildman–Crippen LogP) is 2.35. The standard InChI is InChI=1S/C9H15N3S.2BrH/c1-2-11-6-3-4-7-8(5-6)13-9(10)12-7;;/h6,11H,2-5H2,1H3,(H2,10,12);2*1H. The molecule has 1 unspecified atom stereocenters. The van der Waals surface area contributed by atoms with Gasteiger partial charge in [-0.1, -0.05) is 6.92 Å². The summed E-state index contributed by atoms with van der Waals surface area (Å²) >= 11 is 1.65. The highest BCUT2D eigenvalue weighted by Crippen LogP contribution is 2.27. The van der Waals surface area contributed by atoms with E-state index in [0.29, 0.717) is 6.04 Å². The van der Waals surface area contributed by atoms with Crippen LogP contribution in [-0.4, -0.2) is 17.6 Å². The number of thiazole rings is 1. The third-order valence-corrected chi connectivity index (χ3v) is 3.40. The van der Waals surface area contributed by atoms with E-state index in [0.717, 1.165) is 24.5 Å². The number of fused-ring (bicyclic) bond motifs is 1. The predicted molar refractivity (Wildman–Crippen MR) is 76.7 cm³/mol. The summed E-state index contributed by atoms with van der Waals surface area (Å²) in [6, 6.07) is 0.636. The third-order valence-electron chi connectivity index (χ3n) is 2.45. The summed E-state index contributed by atoms with van der Waals surface area (Å²) in [4.78, 5) is 5.70. The van der Waals surface area contributed by atoms with Crippen LogP contribution >= 0.6 is 45.3 Å². The molecule has 0 fully saturated rings. The van der Waals surface area contributed by atoms with Gasteiger partial charge in [-0.25, -0.2) is 4.98 Å². The number of halogens is 2. The molecule has 15 heavy (non-hydrogen) atoms. The van der Waals surface area contributed by atoms with E-state index < -0.39 is 0 Å². The van der Waals surface area contributed by atoms with Crippen LogP contribution in [0.15, 0.2) is 0 Å². The summed E-state index contributed by atoms with van der Waals surface area (Å²) in [5.41, 5.74) is 6.90. The fourth-order valence-corrected chi connectivity index (χ4v) is 2.82. The zero-order chi connectivity index (χ0) is 9.26. The number of rotatable bonds is 2. The Kier molecular flexibility index (Phi) is 6.99. The monoisotopic (exact) mass is 357 g/mol. The fraction of sp³-hybridized carbons (Fsp3) is 0.667. The quantitative estimate of drug-likeness (QED) is 0.853. The van der Waals surface area contributed by atoms with Gasteiger partial charge in [0, 0.05) is 10.9 Å². The van der Waals surface area contributed by atoms with Crippen LogP contribution in [0.4, 0.5) is 5.13 Å². The summed E-state index contributed by atoms with van der Waals surface area (Å²) in [5, 5.41) is 4.20. The highest BCUT2D eigenvalue weighted by molar-refractivity contribution is 8.93. The molecule has 6 heteroatoms. The largest absolute Gasteiger partial charge is 0.375 e. The van der Waals surface area contributed by atoms with Crippen LogP contribution in [0.3, 0.4) is 0 Å². The molecule has 0 aromatic carbocycles. The van der Waals surface area contributed by atoms with Gasteiger partial charge in [0.05, 0.1) is 5.69 Å². The number of aryl methyl sites for hydroxylation is 1. The Morgan fingerprint density at radius 2 is 2.27 bits per heavy atom. The van der Waals surface area contributed by atoms with Gasteiger partial charge >= 0.3 is 0 Å². The first-order chi connectivity index (χ1) is 6.29. The summed E-state index contributed by atoms with van der Waals surface area (Å²) in [7, 11) is 0. The van der Waals surface area contributed by atoms with Gasteiger partial charge in [-0.3, -0.25) is 0 Å². The lowest BCUT2D eigenvalue weighted by molar-refractivity contribution is 0.471. The number of aromatic nitrogens is 1. The van der Waals surface area contributed by atoms with Crippen molar-refractivity contribution in [3.63, 3.8) is 0 Å². The van der Waals surface area contributed by atoms with Gasteiger partial charge in [0.25, 0.3) is 0 Å². The Hall–Kier alpha value is 0.350. The molecule has 0 saturated heterocycles. The van der Waals surface area contributed by atoms with Crippen molar-refractivity contribution in [2.75, 3.05) is 12.3 Å². The number of nitrogens with two attached hydrogens (primary N) is 1. The zero-order valence-corrected chi connectivity index (χ0v) is 12.9. The lowest BCUT2D eigenvalue weighted by Crippen LogP contribution is -2.33. The molecule has 1 aromatic heterocycles. The molecule has 2 rings (SSSR count). The second-order valence-corrected chi connectivity index (χ2v) is 4.53. The van der Waals surface area contributed by atoms with Crippen molar-refractivity contribution in [1.29, 1.82) is 0 Å². The Morgan fingerprint density at radius 3 is 2.93 bits per heavy atom. The van der Waals surface area contributed by atoms with Crippen molar-refractivity contribution in [2.45, 2.75) is 32.2 Å². The Morgan fingerprint density at radius 1 is 1.53 bits per heavy atom. The van der Waals surface area contributed by atoms with Crippen LogP contribution in [0.2, 0.25) is 0 Å². The van der Waals surface area contributed by atoms with E-state index in [9.17, 15) is 0 Å². The van der Waals surface area contributed by atoms with E-state index in [4.69, 9.17) is 5.73 Å². The molecule has 1 aromatic rings. The van der Waals surface area contributed by atoms with Gasteiger partial charge < -0.3 is 11.1 Å². The van der Waals surface area contributed by atoms with Crippen molar-refractivity contribution >= 4 is 50.4 Å². The van der Waals surface area contributed by atoms with Gasteiger partial charge in [0.2, 0.25) is 0 Å². The third kappa shape index (κ3) is 3.69. The molecule has 3 nitrogen and oxygen atoms in total. The Balaban J connectivity index is 0.000000980.